The van der Waals surface area contributed by atoms with Gasteiger partial charge in [-0.1, -0.05) is 0 Å². The lowest BCUT2D eigenvalue weighted by Gasteiger charge is -2.27. The van der Waals surface area contributed by atoms with Crippen LogP contribution in [0.25, 0.3) is 0 Å². The molecule has 1 unspecified atom stereocenters. The van der Waals surface area contributed by atoms with Gasteiger partial charge in [0.25, 0.3) is 0 Å². The Kier molecular flexibility index (Phi) is 5.36. The summed E-state index contributed by atoms with van der Waals surface area (Å²) in [5, 5.41) is 16.6. The molecule has 0 radical (unpaired) electrons. The maximum atomic E-state index is 12.0. The molecule has 0 aromatic carbocycles. The van der Waals surface area contributed by atoms with E-state index in [1.165, 1.54) is 0 Å². The zero-order valence-electron chi connectivity index (χ0n) is 11.0. The fourth-order valence-electron chi connectivity index (χ4n) is 2.58. The monoisotopic (exact) mass is 282 g/mol. The molecule has 1 aliphatic carbocycles. The average molecular weight is 282 g/mol. The molecule has 1 fully saturated rings. The molecule has 19 heavy (non-hydrogen) atoms. The Hall–Kier alpha value is -0.910. The summed E-state index contributed by atoms with van der Waals surface area (Å²) in [5.41, 5.74) is 6.52. The van der Waals surface area contributed by atoms with Crippen LogP contribution in [0.5, 0.6) is 0 Å². The molecule has 0 spiro atoms. The third-order valence-electron chi connectivity index (χ3n) is 3.95. The van der Waals surface area contributed by atoms with Crippen LogP contribution in [0.3, 0.4) is 0 Å². The van der Waals surface area contributed by atoms with Gasteiger partial charge in [-0.05, 0) is 60.5 Å². The van der Waals surface area contributed by atoms with Crippen LogP contribution in [0.1, 0.15) is 37.4 Å². The van der Waals surface area contributed by atoms with Crippen LogP contribution in [0.2, 0.25) is 0 Å². The predicted molar refractivity (Wildman–Crippen MR) is 76.8 cm³/mol. The van der Waals surface area contributed by atoms with E-state index >= 15 is 0 Å². The van der Waals surface area contributed by atoms with Crippen molar-refractivity contribution in [2.24, 2.45) is 17.6 Å². The SMILES string of the molecule is NCC1CCC(C(=O)NCC(O)c2ccsc2)CC1. The van der Waals surface area contributed by atoms with Crippen molar-refractivity contribution >= 4 is 17.2 Å². The van der Waals surface area contributed by atoms with E-state index in [4.69, 9.17) is 5.73 Å². The summed E-state index contributed by atoms with van der Waals surface area (Å²) in [7, 11) is 0. The van der Waals surface area contributed by atoms with Crippen LogP contribution in [-0.2, 0) is 4.79 Å². The first-order chi connectivity index (χ1) is 9.20. The van der Waals surface area contributed by atoms with Crippen LogP contribution in [0.4, 0.5) is 0 Å². The fourth-order valence-corrected chi connectivity index (χ4v) is 3.29. The van der Waals surface area contributed by atoms with E-state index in [1.807, 2.05) is 16.8 Å². The molecule has 1 aromatic rings. The molecule has 1 aliphatic rings. The minimum absolute atomic E-state index is 0.0738. The number of nitrogens with one attached hydrogen (secondary N) is 1. The van der Waals surface area contributed by atoms with Gasteiger partial charge in [-0.15, -0.1) is 0 Å². The maximum absolute atomic E-state index is 12.0. The van der Waals surface area contributed by atoms with Gasteiger partial charge < -0.3 is 16.2 Å². The quantitative estimate of drug-likeness (QED) is 0.769. The topological polar surface area (TPSA) is 75.4 Å². The van der Waals surface area contributed by atoms with Gasteiger partial charge in [0, 0.05) is 12.5 Å². The first-order valence-corrected chi connectivity index (χ1v) is 7.83. The molecular formula is C14H22N2O2S. The molecule has 2 rings (SSSR count). The molecule has 0 saturated heterocycles. The smallest absolute Gasteiger partial charge is 0.223 e. The Bertz CT molecular complexity index is 386. The Morgan fingerprint density at radius 2 is 2.21 bits per heavy atom. The van der Waals surface area contributed by atoms with Crippen LogP contribution in [0.15, 0.2) is 16.8 Å². The molecule has 1 aromatic heterocycles. The highest BCUT2D eigenvalue weighted by Gasteiger charge is 2.25. The summed E-state index contributed by atoms with van der Waals surface area (Å²) in [6, 6.07) is 1.88. The summed E-state index contributed by atoms with van der Waals surface area (Å²) in [5.74, 6) is 0.752. The molecular weight excluding hydrogens is 260 g/mol. The van der Waals surface area contributed by atoms with Gasteiger partial charge in [-0.2, -0.15) is 11.3 Å². The van der Waals surface area contributed by atoms with Gasteiger partial charge in [-0.25, -0.2) is 0 Å². The van der Waals surface area contributed by atoms with Crippen molar-refractivity contribution in [1.29, 1.82) is 0 Å². The second kappa shape index (κ2) is 7.03. The van der Waals surface area contributed by atoms with Gasteiger partial charge >= 0.3 is 0 Å². The van der Waals surface area contributed by atoms with E-state index < -0.39 is 6.10 Å². The Morgan fingerprint density at radius 3 is 2.79 bits per heavy atom. The van der Waals surface area contributed by atoms with Gasteiger partial charge in [-0.3, -0.25) is 4.79 Å². The van der Waals surface area contributed by atoms with Crippen LogP contribution < -0.4 is 11.1 Å². The van der Waals surface area contributed by atoms with Crippen molar-refractivity contribution in [3.63, 3.8) is 0 Å². The number of hydrogen-bond acceptors (Lipinski definition) is 4. The average Bonchev–Trinajstić information content (AvgIpc) is 2.98. The molecule has 4 nitrogen and oxygen atoms in total. The summed E-state index contributed by atoms with van der Waals surface area (Å²) >= 11 is 1.55. The highest BCUT2D eigenvalue weighted by molar-refractivity contribution is 7.07. The number of amides is 1. The van der Waals surface area contributed by atoms with Crippen LogP contribution >= 0.6 is 11.3 Å². The zero-order chi connectivity index (χ0) is 13.7. The molecule has 1 heterocycles. The second-order valence-electron chi connectivity index (χ2n) is 5.27. The number of thiophene rings is 1. The highest BCUT2D eigenvalue weighted by Crippen LogP contribution is 2.28. The minimum atomic E-state index is -0.601. The molecule has 4 N–H and O–H groups in total. The predicted octanol–water partition coefficient (Wildman–Crippen LogP) is 1.66. The summed E-state index contributed by atoms with van der Waals surface area (Å²) in [6.45, 7) is 1.03. The number of carbonyl (C=O) groups is 1. The van der Waals surface area contributed by atoms with Crippen molar-refractivity contribution in [3.8, 4) is 0 Å². The number of aliphatic hydroxyl groups excluding tert-OH is 1. The number of carbonyl (C=O) groups excluding carboxylic acids is 1. The lowest BCUT2D eigenvalue weighted by molar-refractivity contribution is -0.126. The molecule has 0 aliphatic heterocycles. The van der Waals surface area contributed by atoms with Crippen molar-refractivity contribution in [2.75, 3.05) is 13.1 Å². The van der Waals surface area contributed by atoms with E-state index in [1.54, 1.807) is 11.3 Å². The van der Waals surface area contributed by atoms with Crippen LogP contribution in [0, 0.1) is 11.8 Å². The van der Waals surface area contributed by atoms with Gasteiger partial charge in [0.1, 0.15) is 0 Å². The number of aliphatic hydroxyl groups is 1. The molecule has 1 amide bonds. The van der Waals surface area contributed by atoms with E-state index in [0.29, 0.717) is 12.5 Å². The van der Waals surface area contributed by atoms with Gasteiger partial charge in [0.2, 0.25) is 5.91 Å². The fraction of sp³-hybridized carbons (Fsp3) is 0.643. The Balaban J connectivity index is 1.73. The molecule has 106 valence electrons. The van der Waals surface area contributed by atoms with E-state index in [0.717, 1.165) is 37.8 Å². The molecule has 1 saturated carbocycles. The van der Waals surface area contributed by atoms with Gasteiger partial charge in [0.05, 0.1) is 6.10 Å². The third kappa shape index (κ3) is 4.03. The number of nitrogens with two attached hydrogens (primary N) is 1. The molecule has 5 heteroatoms. The normalized spacial score (nSPS) is 24.9. The summed E-state index contributed by atoms with van der Waals surface area (Å²) in [6.07, 6.45) is 3.32. The number of hydrogen-bond donors (Lipinski definition) is 3. The first-order valence-electron chi connectivity index (χ1n) is 6.88. The van der Waals surface area contributed by atoms with E-state index in [2.05, 4.69) is 5.32 Å². The molecule has 1 atom stereocenters. The second-order valence-corrected chi connectivity index (χ2v) is 6.05. The standard InChI is InChI=1S/C14H22N2O2S/c15-7-10-1-3-11(4-2-10)14(18)16-8-13(17)12-5-6-19-9-12/h5-6,9-11,13,17H,1-4,7-8,15H2,(H,16,18). The number of rotatable bonds is 5. The van der Waals surface area contributed by atoms with Crippen molar-refractivity contribution in [2.45, 2.75) is 31.8 Å². The minimum Gasteiger partial charge on any atom is -0.387 e. The van der Waals surface area contributed by atoms with Gasteiger partial charge in [0.15, 0.2) is 0 Å². The Morgan fingerprint density at radius 1 is 1.47 bits per heavy atom. The zero-order valence-corrected chi connectivity index (χ0v) is 11.9. The lowest BCUT2D eigenvalue weighted by atomic mass is 9.81. The van der Waals surface area contributed by atoms with E-state index in [9.17, 15) is 9.90 Å². The lowest BCUT2D eigenvalue weighted by Crippen LogP contribution is -2.36. The van der Waals surface area contributed by atoms with Crippen molar-refractivity contribution in [3.05, 3.63) is 22.4 Å². The summed E-state index contributed by atoms with van der Waals surface area (Å²) < 4.78 is 0. The first kappa shape index (κ1) is 14.5. The summed E-state index contributed by atoms with van der Waals surface area (Å²) in [4.78, 5) is 12.0. The van der Waals surface area contributed by atoms with E-state index in [-0.39, 0.29) is 11.8 Å². The Labute approximate surface area is 118 Å². The largest absolute Gasteiger partial charge is 0.387 e. The third-order valence-corrected chi connectivity index (χ3v) is 4.65. The molecule has 0 bridgehead atoms. The van der Waals surface area contributed by atoms with Crippen molar-refractivity contribution < 1.29 is 9.90 Å². The van der Waals surface area contributed by atoms with Crippen LogP contribution in [-0.4, -0.2) is 24.1 Å². The van der Waals surface area contributed by atoms with Crippen molar-refractivity contribution in [1.82, 2.24) is 5.32 Å². The highest BCUT2D eigenvalue weighted by atomic mass is 32.1. The maximum Gasteiger partial charge on any atom is 0.223 e.